The predicted molar refractivity (Wildman–Crippen MR) is 132 cm³/mol. The summed E-state index contributed by atoms with van der Waals surface area (Å²) in [4.78, 5) is 13.5. The van der Waals surface area contributed by atoms with Crippen LogP contribution in [0, 0.1) is 17.5 Å². The van der Waals surface area contributed by atoms with E-state index in [1.807, 2.05) is 0 Å². The van der Waals surface area contributed by atoms with Crippen LogP contribution in [0.2, 0.25) is 0 Å². The van der Waals surface area contributed by atoms with Crippen LogP contribution >= 0.6 is 0 Å². The summed E-state index contributed by atoms with van der Waals surface area (Å²) >= 11 is 0. The molecule has 1 saturated carbocycles. The Morgan fingerprint density at radius 3 is 2.38 bits per heavy atom. The van der Waals surface area contributed by atoms with Crippen molar-refractivity contribution in [2.24, 2.45) is 0 Å². The normalized spacial score (nSPS) is 23.0. The van der Waals surface area contributed by atoms with Crippen LogP contribution in [0.3, 0.4) is 0 Å². The maximum absolute atomic E-state index is 14.4. The van der Waals surface area contributed by atoms with Crippen LogP contribution in [0.1, 0.15) is 38.1 Å². The zero-order chi connectivity index (χ0) is 26.3. The van der Waals surface area contributed by atoms with Gasteiger partial charge in [0, 0.05) is 38.4 Å². The van der Waals surface area contributed by atoms with Gasteiger partial charge in [-0.25, -0.2) is 35.9 Å². The SMILES string of the molecule is COC1CCC(Nc2ncc3nc(Nc4c(F)cc(F)cc4F)n([C@@H]4CCN(S(C)(=O)=O)C4)c3n2)CC1. The number of hydrogen-bond acceptors (Lipinski definition) is 8. The minimum absolute atomic E-state index is 0.0480. The topological polar surface area (TPSA) is 114 Å². The number of ether oxygens (including phenoxy) is 1. The molecular formula is C23H28F3N7O3S. The van der Waals surface area contributed by atoms with Crippen molar-refractivity contribution in [1.29, 1.82) is 0 Å². The first-order valence-corrected chi connectivity index (χ1v) is 13.9. The first-order chi connectivity index (χ1) is 17.6. The van der Waals surface area contributed by atoms with Gasteiger partial charge in [0.2, 0.25) is 21.9 Å². The third-order valence-electron chi connectivity index (χ3n) is 6.98. The van der Waals surface area contributed by atoms with Crippen molar-refractivity contribution in [2.75, 3.05) is 37.1 Å². The van der Waals surface area contributed by atoms with E-state index in [-0.39, 0.29) is 31.2 Å². The average Bonchev–Trinajstić information content (AvgIpc) is 3.46. The second kappa shape index (κ2) is 10.1. The molecule has 3 aromatic rings. The number of halogens is 3. The lowest BCUT2D eigenvalue weighted by molar-refractivity contribution is 0.0681. The zero-order valence-electron chi connectivity index (χ0n) is 20.4. The lowest BCUT2D eigenvalue weighted by Gasteiger charge is -2.28. The van der Waals surface area contributed by atoms with Gasteiger partial charge in [-0.1, -0.05) is 0 Å². The van der Waals surface area contributed by atoms with Gasteiger partial charge in [-0.3, -0.25) is 4.57 Å². The second-order valence-electron chi connectivity index (χ2n) is 9.49. The molecule has 0 amide bonds. The van der Waals surface area contributed by atoms with E-state index in [0.717, 1.165) is 31.9 Å². The standard InChI is InChI=1S/C23H28F3N7O3S/c1-36-16-5-3-14(4-6-16)28-22-27-11-19-21(31-22)33(15-7-8-32(12-15)37(2,34)35)23(29-19)30-20-17(25)9-13(24)10-18(20)26/h9-11,14-16H,3-8,12H2,1-2H3,(H,29,30)(H,27,28,31)/t14?,15-,16?/m1/s1. The van der Waals surface area contributed by atoms with E-state index in [4.69, 9.17) is 4.74 Å². The van der Waals surface area contributed by atoms with Crippen LogP contribution in [0.5, 0.6) is 0 Å². The van der Waals surface area contributed by atoms with Gasteiger partial charge in [0.15, 0.2) is 17.3 Å². The average molecular weight is 540 g/mol. The molecule has 10 nitrogen and oxygen atoms in total. The highest BCUT2D eigenvalue weighted by Gasteiger charge is 2.33. The Hall–Kier alpha value is -2.97. The lowest BCUT2D eigenvalue weighted by Crippen LogP contribution is -2.30. The summed E-state index contributed by atoms with van der Waals surface area (Å²) in [5.41, 5.74) is 0.169. The summed E-state index contributed by atoms with van der Waals surface area (Å²) in [5.74, 6) is -2.87. The molecule has 5 rings (SSSR count). The molecule has 1 aliphatic heterocycles. The second-order valence-corrected chi connectivity index (χ2v) is 11.5. The summed E-state index contributed by atoms with van der Waals surface area (Å²) in [6, 6.07) is 0.889. The van der Waals surface area contributed by atoms with E-state index in [2.05, 4.69) is 25.6 Å². The number of nitrogens with one attached hydrogen (secondary N) is 2. The van der Waals surface area contributed by atoms with E-state index < -0.39 is 39.2 Å². The Labute approximate surface area is 212 Å². The summed E-state index contributed by atoms with van der Waals surface area (Å²) in [5, 5.41) is 5.98. The van der Waals surface area contributed by atoms with Crippen molar-refractivity contribution in [3.63, 3.8) is 0 Å². The van der Waals surface area contributed by atoms with Gasteiger partial charge in [0.25, 0.3) is 0 Å². The van der Waals surface area contributed by atoms with Gasteiger partial charge in [0.05, 0.1) is 24.6 Å². The number of fused-ring (bicyclic) bond motifs is 1. The molecule has 2 aromatic heterocycles. The van der Waals surface area contributed by atoms with Crippen LogP contribution < -0.4 is 10.6 Å². The maximum atomic E-state index is 14.4. The van der Waals surface area contributed by atoms with E-state index in [1.54, 1.807) is 11.7 Å². The fraction of sp³-hybridized carbons (Fsp3) is 0.522. The minimum Gasteiger partial charge on any atom is -0.381 e. The fourth-order valence-corrected chi connectivity index (χ4v) is 5.90. The highest BCUT2D eigenvalue weighted by molar-refractivity contribution is 7.88. The van der Waals surface area contributed by atoms with Crippen molar-refractivity contribution in [1.82, 2.24) is 23.8 Å². The molecule has 1 atom stereocenters. The Morgan fingerprint density at radius 1 is 1.05 bits per heavy atom. The lowest BCUT2D eigenvalue weighted by atomic mass is 9.93. The third kappa shape index (κ3) is 5.36. The van der Waals surface area contributed by atoms with E-state index in [0.29, 0.717) is 35.7 Å². The van der Waals surface area contributed by atoms with Crippen molar-refractivity contribution in [2.45, 2.75) is 50.3 Å². The summed E-state index contributed by atoms with van der Waals surface area (Å²) in [6.07, 6.45) is 6.93. The molecule has 2 aliphatic rings. The molecule has 0 bridgehead atoms. The highest BCUT2D eigenvalue weighted by Crippen LogP contribution is 2.34. The quantitative estimate of drug-likeness (QED) is 0.469. The molecule has 2 fully saturated rings. The molecule has 1 saturated heterocycles. The number of rotatable bonds is 7. The molecule has 3 heterocycles. The molecule has 1 aliphatic carbocycles. The number of sulfonamides is 1. The molecule has 1 aromatic carbocycles. The summed E-state index contributed by atoms with van der Waals surface area (Å²) < 4.78 is 75.0. The molecule has 37 heavy (non-hydrogen) atoms. The number of hydrogen-bond donors (Lipinski definition) is 2. The van der Waals surface area contributed by atoms with Gasteiger partial charge < -0.3 is 15.4 Å². The van der Waals surface area contributed by atoms with Gasteiger partial charge in [-0.15, -0.1) is 0 Å². The van der Waals surface area contributed by atoms with Crippen LogP contribution in [0.25, 0.3) is 11.2 Å². The first-order valence-electron chi connectivity index (χ1n) is 12.0. The number of anilines is 3. The Kier molecular flexibility index (Phi) is 6.98. The van der Waals surface area contributed by atoms with Gasteiger partial charge in [-0.05, 0) is 32.1 Å². The van der Waals surface area contributed by atoms with Gasteiger partial charge in [0.1, 0.15) is 17.0 Å². The number of imidazole rings is 1. The van der Waals surface area contributed by atoms with E-state index in [1.165, 1.54) is 10.5 Å². The van der Waals surface area contributed by atoms with Crippen molar-refractivity contribution in [3.8, 4) is 0 Å². The monoisotopic (exact) mass is 539 g/mol. The van der Waals surface area contributed by atoms with Gasteiger partial charge >= 0.3 is 0 Å². The van der Waals surface area contributed by atoms with Crippen LogP contribution in [0.4, 0.5) is 30.8 Å². The molecule has 0 spiro atoms. The van der Waals surface area contributed by atoms with Crippen molar-refractivity contribution < 1.29 is 26.3 Å². The highest BCUT2D eigenvalue weighted by atomic mass is 32.2. The largest absolute Gasteiger partial charge is 0.381 e. The fourth-order valence-electron chi connectivity index (χ4n) is 5.02. The smallest absolute Gasteiger partial charge is 0.224 e. The third-order valence-corrected chi connectivity index (χ3v) is 8.25. The first kappa shape index (κ1) is 25.7. The molecule has 2 N–H and O–H groups in total. The van der Waals surface area contributed by atoms with Gasteiger partial charge in [-0.2, -0.15) is 4.98 Å². The maximum Gasteiger partial charge on any atom is 0.224 e. The van der Waals surface area contributed by atoms with Crippen molar-refractivity contribution >= 4 is 38.8 Å². The molecule has 0 radical (unpaired) electrons. The zero-order valence-corrected chi connectivity index (χ0v) is 21.2. The Bertz CT molecular complexity index is 1390. The Morgan fingerprint density at radius 2 is 1.76 bits per heavy atom. The van der Waals surface area contributed by atoms with Crippen molar-refractivity contribution in [3.05, 3.63) is 35.8 Å². The minimum atomic E-state index is -3.44. The van der Waals surface area contributed by atoms with Crippen LogP contribution in [0.15, 0.2) is 18.3 Å². The van der Waals surface area contributed by atoms with E-state index in [9.17, 15) is 21.6 Å². The predicted octanol–water partition coefficient (Wildman–Crippen LogP) is 3.56. The summed E-state index contributed by atoms with van der Waals surface area (Å²) in [6.45, 7) is 0.419. The number of benzene rings is 1. The van der Waals surface area contributed by atoms with E-state index >= 15 is 0 Å². The molecule has 14 heteroatoms. The number of aromatic nitrogens is 4. The number of methoxy groups -OCH3 is 1. The molecular weight excluding hydrogens is 511 g/mol. The van der Waals surface area contributed by atoms with Crippen LogP contribution in [-0.2, 0) is 14.8 Å². The molecule has 200 valence electrons. The number of nitrogens with zero attached hydrogens (tertiary/aromatic N) is 5. The van der Waals surface area contributed by atoms with Crippen LogP contribution in [-0.4, -0.2) is 70.8 Å². The molecule has 0 unspecified atom stereocenters. The Balaban J connectivity index is 1.51. The summed E-state index contributed by atoms with van der Waals surface area (Å²) in [7, 11) is -1.73.